The van der Waals surface area contributed by atoms with Crippen LogP contribution >= 0.6 is 0 Å². The van der Waals surface area contributed by atoms with Crippen LogP contribution in [-0.4, -0.2) is 47.0 Å². The Hall–Kier alpha value is -1.85. The highest BCUT2D eigenvalue weighted by Gasteiger charge is 2.56. The van der Waals surface area contributed by atoms with Crippen molar-refractivity contribution in [1.29, 1.82) is 0 Å². The highest BCUT2D eigenvalue weighted by Crippen LogP contribution is 2.42. The number of piperidine rings is 1. The average Bonchev–Trinajstić information content (AvgIpc) is 2.68. The van der Waals surface area contributed by atoms with E-state index in [-0.39, 0.29) is 5.91 Å². The number of esters is 2. The summed E-state index contributed by atoms with van der Waals surface area (Å²) in [5.41, 5.74) is -0.804. The number of hydrogen-bond donors (Lipinski definition) is 0. The van der Waals surface area contributed by atoms with Crippen molar-refractivity contribution in [1.82, 2.24) is 4.90 Å². The number of rotatable bonds is 2. The summed E-state index contributed by atoms with van der Waals surface area (Å²) in [4.78, 5) is 36.5. The van der Waals surface area contributed by atoms with E-state index in [0.717, 1.165) is 12.8 Å². The molecular weight excluding hydrogens is 274 g/mol. The Morgan fingerprint density at radius 1 is 1.00 bits per heavy atom. The molecule has 1 aliphatic carbocycles. The molecule has 6 nitrogen and oxygen atoms in total. The summed E-state index contributed by atoms with van der Waals surface area (Å²) >= 11 is 0. The molecule has 1 aliphatic heterocycles. The zero-order chi connectivity index (χ0) is 15.6. The fourth-order valence-electron chi connectivity index (χ4n) is 3.40. The third-order valence-electron chi connectivity index (χ3n) is 4.12. The molecule has 0 saturated carbocycles. The second-order valence-electron chi connectivity index (χ2n) is 5.56. The van der Waals surface area contributed by atoms with E-state index in [4.69, 9.17) is 9.47 Å². The molecular formula is C15H21NO5. The monoisotopic (exact) mass is 295 g/mol. The number of carbonyl (C=O) groups is 3. The molecule has 1 heterocycles. The van der Waals surface area contributed by atoms with Crippen LogP contribution in [-0.2, 0) is 23.9 Å². The maximum atomic E-state index is 12.0. The minimum Gasteiger partial charge on any atom is -0.456 e. The van der Waals surface area contributed by atoms with Crippen LogP contribution in [0.1, 0.15) is 40.0 Å². The van der Waals surface area contributed by atoms with E-state index in [2.05, 4.69) is 0 Å². The standard InChI is InChI=1S/C15H21NO5/c1-10(17)16-9-5-4-8-15(16)13(20-11(2)18)6-7-14(15)21-12(3)19/h6-7,13-14H,4-5,8-9H2,1-3H3/t13-,14+,15?. The number of ether oxygens (including phenoxy) is 2. The summed E-state index contributed by atoms with van der Waals surface area (Å²) in [7, 11) is 0. The van der Waals surface area contributed by atoms with Gasteiger partial charge in [0.25, 0.3) is 0 Å². The summed E-state index contributed by atoms with van der Waals surface area (Å²) in [6.07, 6.45) is 4.69. The molecule has 0 N–H and O–H groups in total. The predicted molar refractivity (Wildman–Crippen MR) is 74.2 cm³/mol. The van der Waals surface area contributed by atoms with Crippen molar-refractivity contribution >= 4 is 17.8 Å². The van der Waals surface area contributed by atoms with Crippen LogP contribution < -0.4 is 0 Å². The summed E-state index contributed by atoms with van der Waals surface area (Å²) in [6.45, 7) is 4.73. The van der Waals surface area contributed by atoms with Crippen molar-refractivity contribution in [2.45, 2.75) is 57.8 Å². The van der Waals surface area contributed by atoms with Crippen LogP contribution in [0.25, 0.3) is 0 Å². The highest BCUT2D eigenvalue weighted by molar-refractivity contribution is 5.76. The molecule has 1 fully saturated rings. The van der Waals surface area contributed by atoms with Gasteiger partial charge in [-0.25, -0.2) is 0 Å². The third kappa shape index (κ3) is 2.80. The molecule has 2 aliphatic rings. The molecule has 2 rings (SSSR count). The van der Waals surface area contributed by atoms with Gasteiger partial charge in [-0.2, -0.15) is 0 Å². The molecule has 1 saturated heterocycles. The summed E-state index contributed by atoms with van der Waals surface area (Å²) in [5, 5.41) is 0. The lowest BCUT2D eigenvalue weighted by molar-refractivity contribution is -0.174. The Morgan fingerprint density at radius 2 is 1.52 bits per heavy atom. The SMILES string of the molecule is CC(=O)O[C@H]1C=C[C@@H](OC(C)=O)C12CCCCN2C(C)=O. The van der Waals surface area contributed by atoms with Crippen LogP contribution in [0, 0.1) is 0 Å². The van der Waals surface area contributed by atoms with E-state index >= 15 is 0 Å². The number of hydrogen-bond acceptors (Lipinski definition) is 5. The Bertz CT molecular complexity index is 458. The number of carbonyl (C=O) groups excluding carboxylic acids is 3. The first kappa shape index (κ1) is 15.5. The Balaban J connectivity index is 2.39. The van der Waals surface area contributed by atoms with E-state index in [9.17, 15) is 14.4 Å². The highest BCUT2D eigenvalue weighted by atomic mass is 16.6. The molecule has 3 atom stereocenters. The molecule has 6 heteroatoms. The lowest BCUT2D eigenvalue weighted by atomic mass is 9.80. The van der Waals surface area contributed by atoms with Crippen LogP contribution in [0.5, 0.6) is 0 Å². The first-order valence-electron chi connectivity index (χ1n) is 7.19. The molecule has 21 heavy (non-hydrogen) atoms. The topological polar surface area (TPSA) is 72.9 Å². The smallest absolute Gasteiger partial charge is 0.303 e. The minimum absolute atomic E-state index is 0.104. The van der Waals surface area contributed by atoms with Gasteiger partial charge in [-0.05, 0) is 31.4 Å². The number of amides is 1. The average molecular weight is 295 g/mol. The van der Waals surface area contributed by atoms with Gasteiger partial charge in [-0.15, -0.1) is 0 Å². The van der Waals surface area contributed by atoms with Gasteiger partial charge in [0.1, 0.15) is 17.7 Å². The van der Waals surface area contributed by atoms with E-state index in [1.165, 1.54) is 20.8 Å². The molecule has 0 aromatic heterocycles. The van der Waals surface area contributed by atoms with Crippen molar-refractivity contribution < 1.29 is 23.9 Å². The second kappa shape index (κ2) is 5.87. The van der Waals surface area contributed by atoms with Gasteiger partial charge in [0.2, 0.25) is 5.91 Å². The maximum absolute atomic E-state index is 12.0. The van der Waals surface area contributed by atoms with Crippen LogP contribution in [0.2, 0.25) is 0 Å². The molecule has 0 bridgehead atoms. The van der Waals surface area contributed by atoms with Gasteiger partial charge < -0.3 is 14.4 Å². The fourth-order valence-corrected chi connectivity index (χ4v) is 3.40. The Kier molecular flexibility index (Phi) is 4.34. The van der Waals surface area contributed by atoms with Crippen LogP contribution in [0.4, 0.5) is 0 Å². The van der Waals surface area contributed by atoms with E-state index < -0.39 is 29.7 Å². The molecule has 1 spiro atoms. The molecule has 1 amide bonds. The number of likely N-dealkylation sites (tertiary alicyclic amines) is 1. The van der Waals surface area contributed by atoms with Crippen LogP contribution in [0.15, 0.2) is 12.2 Å². The second-order valence-corrected chi connectivity index (χ2v) is 5.56. The maximum Gasteiger partial charge on any atom is 0.303 e. The van der Waals surface area contributed by atoms with Gasteiger partial charge in [-0.1, -0.05) is 0 Å². The minimum atomic E-state index is -0.804. The summed E-state index contributed by atoms with van der Waals surface area (Å²) in [6, 6.07) is 0. The van der Waals surface area contributed by atoms with Crippen molar-refractivity contribution in [2.75, 3.05) is 6.54 Å². The van der Waals surface area contributed by atoms with E-state index in [1.54, 1.807) is 17.1 Å². The summed E-state index contributed by atoms with van der Waals surface area (Å²) in [5.74, 6) is -0.934. The van der Waals surface area contributed by atoms with Gasteiger partial charge >= 0.3 is 11.9 Å². The first-order chi connectivity index (χ1) is 9.87. The van der Waals surface area contributed by atoms with Gasteiger partial charge in [0.15, 0.2) is 0 Å². The summed E-state index contributed by atoms with van der Waals surface area (Å²) < 4.78 is 10.8. The quantitative estimate of drug-likeness (QED) is 0.565. The fraction of sp³-hybridized carbons (Fsp3) is 0.667. The lowest BCUT2D eigenvalue weighted by Gasteiger charge is -2.49. The van der Waals surface area contributed by atoms with Gasteiger partial charge in [0.05, 0.1) is 0 Å². The molecule has 0 aromatic carbocycles. The van der Waals surface area contributed by atoms with Gasteiger partial charge in [-0.3, -0.25) is 14.4 Å². The van der Waals surface area contributed by atoms with E-state index in [0.29, 0.717) is 13.0 Å². The van der Waals surface area contributed by atoms with Gasteiger partial charge in [0, 0.05) is 27.3 Å². The lowest BCUT2D eigenvalue weighted by Crippen LogP contribution is -2.65. The zero-order valence-electron chi connectivity index (χ0n) is 12.6. The van der Waals surface area contributed by atoms with Crippen molar-refractivity contribution in [3.63, 3.8) is 0 Å². The first-order valence-corrected chi connectivity index (χ1v) is 7.19. The molecule has 1 unspecified atom stereocenters. The Morgan fingerprint density at radius 3 is 1.95 bits per heavy atom. The molecule has 0 aromatic rings. The third-order valence-corrected chi connectivity index (χ3v) is 4.12. The normalized spacial score (nSPS) is 31.3. The largest absolute Gasteiger partial charge is 0.456 e. The number of nitrogens with zero attached hydrogens (tertiary/aromatic N) is 1. The van der Waals surface area contributed by atoms with Crippen molar-refractivity contribution in [3.8, 4) is 0 Å². The zero-order valence-corrected chi connectivity index (χ0v) is 12.6. The van der Waals surface area contributed by atoms with Crippen molar-refractivity contribution in [2.24, 2.45) is 0 Å². The van der Waals surface area contributed by atoms with E-state index in [1.807, 2.05) is 0 Å². The molecule has 0 radical (unpaired) electrons. The Labute approximate surface area is 124 Å². The molecule has 116 valence electrons. The van der Waals surface area contributed by atoms with Crippen LogP contribution in [0.3, 0.4) is 0 Å². The predicted octanol–water partition coefficient (Wildman–Crippen LogP) is 1.19. The van der Waals surface area contributed by atoms with Crippen molar-refractivity contribution in [3.05, 3.63) is 12.2 Å².